The molecule has 0 spiro atoms. The van der Waals surface area contributed by atoms with Gasteiger partial charge in [0.25, 0.3) is 0 Å². The average Bonchev–Trinajstić information content (AvgIpc) is 2.91. The Morgan fingerprint density at radius 1 is 0.738 bits per heavy atom. The number of hydrogen-bond acceptors (Lipinski definition) is 9. The number of nitrogens with two attached hydrogens (primary N) is 5. The van der Waals surface area contributed by atoms with Crippen molar-refractivity contribution in [1.29, 1.82) is 0 Å². The van der Waals surface area contributed by atoms with E-state index in [0.29, 0.717) is 5.56 Å². The number of nitrogens with one attached hydrogen (secondary N) is 3. The van der Waals surface area contributed by atoms with Gasteiger partial charge in [-0.25, -0.2) is 4.79 Å². The van der Waals surface area contributed by atoms with Crippen LogP contribution >= 0.6 is 0 Å². The third-order valence-electron chi connectivity index (χ3n) is 5.92. The van der Waals surface area contributed by atoms with Crippen molar-refractivity contribution in [3.8, 4) is 5.75 Å². The number of aliphatic carboxylic acids is 1. The summed E-state index contributed by atoms with van der Waals surface area (Å²) >= 11 is 0. The summed E-state index contributed by atoms with van der Waals surface area (Å²) in [5, 5.41) is 26.4. The molecule has 4 atom stereocenters. The summed E-state index contributed by atoms with van der Waals surface area (Å²) < 4.78 is 0. The van der Waals surface area contributed by atoms with Gasteiger partial charge in [0, 0.05) is 25.8 Å². The van der Waals surface area contributed by atoms with Crippen molar-refractivity contribution in [2.45, 2.75) is 69.1 Å². The lowest BCUT2D eigenvalue weighted by atomic mass is 10.0. The van der Waals surface area contributed by atoms with Gasteiger partial charge in [-0.3, -0.25) is 29.0 Å². The smallest absolute Gasteiger partial charge is 0.326 e. The van der Waals surface area contributed by atoms with E-state index in [-0.39, 0.29) is 63.2 Å². The zero-order chi connectivity index (χ0) is 31.8. The van der Waals surface area contributed by atoms with Gasteiger partial charge in [-0.05, 0) is 43.4 Å². The number of carboxylic acids is 1. The van der Waals surface area contributed by atoms with Crippen LogP contribution in [0.2, 0.25) is 0 Å². The van der Waals surface area contributed by atoms with E-state index in [2.05, 4.69) is 20.9 Å². The minimum absolute atomic E-state index is 0.0231. The zero-order valence-corrected chi connectivity index (χ0v) is 23.0. The van der Waals surface area contributed by atoms with E-state index < -0.39 is 59.7 Å². The summed E-state index contributed by atoms with van der Waals surface area (Å²) in [6, 6.07) is 0.462. The minimum atomic E-state index is -1.40. The number of aromatic hydroxyl groups is 1. The van der Waals surface area contributed by atoms with Crippen molar-refractivity contribution >= 4 is 41.5 Å². The molecule has 42 heavy (non-hydrogen) atoms. The van der Waals surface area contributed by atoms with Gasteiger partial charge < -0.3 is 54.8 Å². The molecular weight excluding hydrogens is 554 g/mol. The molecule has 0 aliphatic rings. The normalized spacial score (nSPS) is 13.5. The minimum Gasteiger partial charge on any atom is -0.508 e. The number of carbonyl (C=O) groups is 6. The van der Waals surface area contributed by atoms with Gasteiger partial charge in [-0.2, -0.15) is 0 Å². The summed E-state index contributed by atoms with van der Waals surface area (Å²) in [7, 11) is 0. The van der Waals surface area contributed by atoms with E-state index >= 15 is 0 Å². The number of hydrogen-bond donors (Lipinski definition) is 10. The zero-order valence-electron chi connectivity index (χ0n) is 23.0. The van der Waals surface area contributed by atoms with Crippen LogP contribution in [0.1, 0.15) is 44.1 Å². The van der Waals surface area contributed by atoms with Gasteiger partial charge in [0.15, 0.2) is 5.96 Å². The monoisotopic (exact) mass is 593 g/mol. The van der Waals surface area contributed by atoms with Crippen LogP contribution in [0.15, 0.2) is 29.3 Å². The Morgan fingerprint density at radius 2 is 1.24 bits per heavy atom. The third kappa shape index (κ3) is 13.9. The molecule has 17 nitrogen and oxygen atoms in total. The number of rotatable bonds is 19. The van der Waals surface area contributed by atoms with Crippen LogP contribution < -0.4 is 44.6 Å². The van der Waals surface area contributed by atoms with Crippen molar-refractivity contribution in [2.75, 3.05) is 6.54 Å². The van der Waals surface area contributed by atoms with E-state index in [1.165, 1.54) is 24.3 Å². The maximum atomic E-state index is 13.2. The molecule has 0 heterocycles. The van der Waals surface area contributed by atoms with E-state index in [0.717, 1.165) is 0 Å². The van der Waals surface area contributed by atoms with Crippen molar-refractivity contribution in [2.24, 2.45) is 33.7 Å². The van der Waals surface area contributed by atoms with Crippen molar-refractivity contribution in [3.63, 3.8) is 0 Å². The summed E-state index contributed by atoms with van der Waals surface area (Å²) in [6.45, 7) is 0.0917. The maximum absolute atomic E-state index is 13.2. The van der Waals surface area contributed by atoms with Gasteiger partial charge in [-0.1, -0.05) is 12.1 Å². The Balaban J connectivity index is 3.11. The Kier molecular flexibility index (Phi) is 14.8. The molecule has 0 aliphatic carbocycles. The highest BCUT2D eigenvalue weighted by Crippen LogP contribution is 2.12. The first kappa shape index (κ1) is 35.1. The summed E-state index contributed by atoms with van der Waals surface area (Å²) in [6.07, 6.45) is -0.786. The fourth-order valence-corrected chi connectivity index (χ4v) is 3.65. The van der Waals surface area contributed by atoms with E-state index in [9.17, 15) is 39.0 Å². The van der Waals surface area contributed by atoms with Crippen LogP contribution in [-0.4, -0.2) is 82.4 Å². The number of amides is 5. The van der Waals surface area contributed by atoms with Crippen LogP contribution in [-0.2, 0) is 35.2 Å². The predicted molar refractivity (Wildman–Crippen MR) is 150 cm³/mol. The second-order valence-electron chi connectivity index (χ2n) is 9.46. The van der Waals surface area contributed by atoms with Crippen LogP contribution in [0.4, 0.5) is 0 Å². The Hall–Kier alpha value is -4.93. The Labute approximate surface area is 241 Å². The first-order valence-electron chi connectivity index (χ1n) is 13.0. The lowest BCUT2D eigenvalue weighted by Crippen LogP contribution is -2.57. The predicted octanol–water partition coefficient (Wildman–Crippen LogP) is -3.61. The molecule has 15 N–H and O–H groups in total. The number of guanidine groups is 1. The second-order valence-corrected chi connectivity index (χ2v) is 9.46. The van der Waals surface area contributed by atoms with E-state index in [1.807, 2.05) is 0 Å². The molecule has 5 amide bonds. The number of carboxylic acid groups (broad SMARTS) is 1. The van der Waals surface area contributed by atoms with Crippen molar-refractivity contribution in [3.05, 3.63) is 29.8 Å². The highest BCUT2D eigenvalue weighted by Gasteiger charge is 2.30. The standard InChI is InChI=1S/C25H39N9O8/c26-15(7-9-19(27)36)21(38)32-17(8-10-20(28)37)23(40)33-16(2-1-11-31-25(29)30)22(39)34-18(24(41)42)12-13-3-5-14(35)6-4-13/h3-6,15-18,35H,1-2,7-12,26H2,(H2,27,36)(H2,28,37)(H,32,38)(H,33,40)(H,34,39)(H,41,42)(H4,29,30,31). The highest BCUT2D eigenvalue weighted by atomic mass is 16.4. The molecule has 0 aliphatic heterocycles. The fourth-order valence-electron chi connectivity index (χ4n) is 3.65. The Morgan fingerprint density at radius 3 is 1.76 bits per heavy atom. The van der Waals surface area contributed by atoms with Crippen LogP contribution in [0.5, 0.6) is 5.75 Å². The largest absolute Gasteiger partial charge is 0.508 e. The molecule has 0 saturated heterocycles. The van der Waals surface area contributed by atoms with E-state index in [4.69, 9.17) is 28.7 Å². The average molecular weight is 594 g/mol. The summed E-state index contributed by atoms with van der Waals surface area (Å²) in [4.78, 5) is 77.0. The number of carbonyl (C=O) groups excluding carboxylic acids is 5. The molecule has 1 aromatic rings. The molecule has 232 valence electrons. The molecule has 0 fully saturated rings. The highest BCUT2D eigenvalue weighted by molar-refractivity contribution is 5.94. The fraction of sp³-hybridized carbons (Fsp3) is 0.480. The topological polar surface area (TPSA) is 321 Å². The van der Waals surface area contributed by atoms with Gasteiger partial charge in [0.05, 0.1) is 6.04 Å². The van der Waals surface area contributed by atoms with E-state index in [1.54, 1.807) is 0 Å². The van der Waals surface area contributed by atoms with Crippen LogP contribution in [0.3, 0.4) is 0 Å². The third-order valence-corrected chi connectivity index (χ3v) is 5.92. The molecule has 17 heteroatoms. The molecule has 4 unspecified atom stereocenters. The first-order valence-corrected chi connectivity index (χ1v) is 13.0. The molecular formula is C25H39N9O8. The molecule has 0 aromatic heterocycles. The SMILES string of the molecule is NC(=O)CCC(N)C(=O)NC(CCC(N)=O)C(=O)NC(CCCN=C(N)N)C(=O)NC(Cc1ccc(O)cc1)C(=O)O. The first-order chi connectivity index (χ1) is 19.7. The Bertz CT molecular complexity index is 1140. The number of primary amides is 2. The van der Waals surface area contributed by atoms with Crippen LogP contribution in [0, 0.1) is 0 Å². The number of phenolic OH excluding ortho intramolecular Hbond substituents is 1. The molecule has 0 saturated carbocycles. The summed E-state index contributed by atoms with van der Waals surface area (Å²) in [5.74, 6) is -5.54. The van der Waals surface area contributed by atoms with Crippen molar-refractivity contribution in [1.82, 2.24) is 16.0 Å². The molecule has 1 rings (SSSR count). The van der Waals surface area contributed by atoms with Crippen molar-refractivity contribution < 1.29 is 39.0 Å². The lowest BCUT2D eigenvalue weighted by Gasteiger charge is -2.25. The van der Waals surface area contributed by atoms with Gasteiger partial charge in [0.2, 0.25) is 29.5 Å². The lowest BCUT2D eigenvalue weighted by molar-refractivity contribution is -0.142. The number of phenols is 1. The molecule has 1 aromatic carbocycles. The molecule has 0 radical (unpaired) electrons. The number of benzene rings is 1. The van der Waals surface area contributed by atoms with Gasteiger partial charge in [0.1, 0.15) is 23.9 Å². The maximum Gasteiger partial charge on any atom is 0.326 e. The quantitative estimate of drug-likeness (QED) is 0.0424. The van der Waals surface area contributed by atoms with Crippen LogP contribution in [0.25, 0.3) is 0 Å². The number of aliphatic imine (C=N–C) groups is 1. The second kappa shape index (κ2) is 17.7. The van der Waals surface area contributed by atoms with Gasteiger partial charge >= 0.3 is 5.97 Å². The van der Waals surface area contributed by atoms with Gasteiger partial charge in [-0.15, -0.1) is 0 Å². The molecule has 0 bridgehead atoms. The summed E-state index contributed by atoms with van der Waals surface area (Å²) in [5.41, 5.74) is 27.2. The number of nitrogens with zero attached hydrogens (tertiary/aromatic N) is 1.